The quantitative estimate of drug-likeness (QED) is 0.735. The number of rotatable bonds is 6. The van der Waals surface area contributed by atoms with Gasteiger partial charge in [0.25, 0.3) is 0 Å². The lowest BCUT2D eigenvalue weighted by Gasteiger charge is -2.22. The van der Waals surface area contributed by atoms with Crippen molar-refractivity contribution in [2.45, 2.75) is 12.8 Å². The number of nitrogens with one attached hydrogen (secondary N) is 1. The first kappa shape index (κ1) is 21.0. The number of amides is 1. The molecule has 0 unspecified atom stereocenters. The van der Waals surface area contributed by atoms with Gasteiger partial charge in [0.05, 0.1) is 0 Å². The first-order valence-electron chi connectivity index (χ1n) is 9.36. The van der Waals surface area contributed by atoms with Gasteiger partial charge in [-0.15, -0.1) is 0 Å². The van der Waals surface area contributed by atoms with Gasteiger partial charge in [0.15, 0.2) is 5.82 Å². The van der Waals surface area contributed by atoms with Crippen LogP contribution in [0.2, 0.25) is 0 Å². The summed E-state index contributed by atoms with van der Waals surface area (Å²) in [5.41, 5.74) is -0.141. The number of hydrogen-bond donors (Lipinski definition) is 1. The second kappa shape index (κ2) is 9.64. The molecule has 1 N–H and O–H groups in total. The number of aromatic nitrogens is 1. The van der Waals surface area contributed by atoms with Crippen LogP contribution in [0.15, 0.2) is 36.9 Å². The van der Waals surface area contributed by atoms with E-state index in [2.05, 4.69) is 16.9 Å². The van der Waals surface area contributed by atoms with Crippen molar-refractivity contribution in [3.8, 4) is 29.1 Å². The number of benzene rings is 1. The Bertz CT molecular complexity index is 1050. The maximum absolute atomic E-state index is 14.6. The van der Waals surface area contributed by atoms with Gasteiger partial charge in [0, 0.05) is 30.3 Å². The Morgan fingerprint density at radius 1 is 1.30 bits per heavy atom. The highest BCUT2D eigenvalue weighted by atomic mass is 19.1. The molecule has 2 heterocycles. The number of halogens is 1. The SMILES string of the molecule is C=CCOc1nc(NC(=O)C2CCOCC2)c(C#N)c(-c2ccccc2F)c1C#N. The van der Waals surface area contributed by atoms with E-state index in [4.69, 9.17) is 9.47 Å². The van der Waals surface area contributed by atoms with E-state index >= 15 is 0 Å². The maximum atomic E-state index is 14.6. The van der Waals surface area contributed by atoms with Crippen molar-refractivity contribution in [2.24, 2.45) is 5.92 Å². The fourth-order valence-electron chi connectivity index (χ4n) is 3.22. The zero-order valence-corrected chi connectivity index (χ0v) is 16.2. The predicted molar refractivity (Wildman–Crippen MR) is 107 cm³/mol. The molecule has 0 saturated carbocycles. The van der Waals surface area contributed by atoms with Gasteiger partial charge >= 0.3 is 0 Å². The van der Waals surface area contributed by atoms with Crippen LogP contribution in [-0.2, 0) is 9.53 Å². The molecule has 7 nitrogen and oxygen atoms in total. The van der Waals surface area contributed by atoms with Gasteiger partial charge in [-0.25, -0.2) is 4.39 Å². The lowest BCUT2D eigenvalue weighted by atomic mass is 9.95. The first-order valence-corrected chi connectivity index (χ1v) is 9.36. The monoisotopic (exact) mass is 406 g/mol. The van der Waals surface area contributed by atoms with E-state index in [1.807, 2.05) is 12.1 Å². The maximum Gasteiger partial charge on any atom is 0.234 e. The molecule has 0 radical (unpaired) electrons. The van der Waals surface area contributed by atoms with Crippen LogP contribution < -0.4 is 10.1 Å². The molecule has 1 aromatic heterocycles. The van der Waals surface area contributed by atoms with Crippen molar-refractivity contribution < 1.29 is 18.7 Å². The molecule has 1 saturated heterocycles. The van der Waals surface area contributed by atoms with Crippen molar-refractivity contribution in [3.63, 3.8) is 0 Å². The Morgan fingerprint density at radius 2 is 2.00 bits per heavy atom. The molecule has 0 spiro atoms. The molecule has 1 aliphatic rings. The molecule has 30 heavy (non-hydrogen) atoms. The molecule has 1 fully saturated rings. The highest BCUT2D eigenvalue weighted by Gasteiger charge is 2.27. The lowest BCUT2D eigenvalue weighted by Crippen LogP contribution is -2.29. The smallest absolute Gasteiger partial charge is 0.234 e. The molecule has 2 aromatic rings. The summed E-state index contributed by atoms with van der Waals surface area (Å²) in [6.45, 7) is 4.54. The summed E-state index contributed by atoms with van der Waals surface area (Å²) in [5, 5.41) is 22.2. The summed E-state index contributed by atoms with van der Waals surface area (Å²) in [6.07, 6.45) is 2.55. The average molecular weight is 406 g/mol. The van der Waals surface area contributed by atoms with Crippen LogP contribution in [0.5, 0.6) is 5.88 Å². The summed E-state index contributed by atoms with van der Waals surface area (Å²) in [6, 6.07) is 9.68. The normalized spacial score (nSPS) is 13.7. The Morgan fingerprint density at radius 3 is 2.63 bits per heavy atom. The van der Waals surface area contributed by atoms with Gasteiger partial charge < -0.3 is 14.8 Å². The van der Waals surface area contributed by atoms with Crippen LogP contribution in [-0.4, -0.2) is 30.7 Å². The summed E-state index contributed by atoms with van der Waals surface area (Å²) < 4.78 is 25.3. The summed E-state index contributed by atoms with van der Waals surface area (Å²) in [5.74, 6) is -1.42. The van der Waals surface area contributed by atoms with Crippen LogP contribution in [0.4, 0.5) is 10.2 Å². The Hall–Kier alpha value is -3.75. The molecular formula is C22H19FN4O3. The van der Waals surface area contributed by atoms with E-state index in [9.17, 15) is 19.7 Å². The molecule has 1 aromatic carbocycles. The molecule has 0 bridgehead atoms. The van der Waals surface area contributed by atoms with Crippen molar-refractivity contribution >= 4 is 11.7 Å². The average Bonchev–Trinajstić information content (AvgIpc) is 2.78. The number of hydrogen-bond acceptors (Lipinski definition) is 6. The van der Waals surface area contributed by atoms with Crippen LogP contribution in [0.1, 0.15) is 24.0 Å². The van der Waals surface area contributed by atoms with E-state index in [0.29, 0.717) is 26.1 Å². The summed E-state index contributed by atoms with van der Waals surface area (Å²) in [4.78, 5) is 16.9. The second-order valence-corrected chi connectivity index (χ2v) is 6.57. The Balaban J connectivity index is 2.16. The third-order valence-corrected chi connectivity index (χ3v) is 4.70. The van der Waals surface area contributed by atoms with E-state index in [-0.39, 0.29) is 52.4 Å². The Labute approximate surface area is 173 Å². The van der Waals surface area contributed by atoms with Gasteiger partial charge in [-0.2, -0.15) is 15.5 Å². The molecular weight excluding hydrogens is 387 g/mol. The molecule has 1 aliphatic heterocycles. The predicted octanol–water partition coefficient (Wildman–Crippen LogP) is 3.56. The molecule has 1 amide bonds. The first-order chi connectivity index (χ1) is 14.6. The van der Waals surface area contributed by atoms with Crippen molar-refractivity contribution in [1.29, 1.82) is 10.5 Å². The summed E-state index contributed by atoms with van der Waals surface area (Å²) >= 11 is 0. The third kappa shape index (κ3) is 4.29. The largest absolute Gasteiger partial charge is 0.472 e. The molecule has 0 aliphatic carbocycles. The minimum absolute atomic E-state index is 0.0226. The fourth-order valence-corrected chi connectivity index (χ4v) is 3.22. The number of ether oxygens (including phenoxy) is 2. The van der Waals surface area contributed by atoms with E-state index in [1.165, 1.54) is 24.3 Å². The van der Waals surface area contributed by atoms with Crippen LogP contribution in [0, 0.1) is 34.4 Å². The summed E-state index contributed by atoms with van der Waals surface area (Å²) in [7, 11) is 0. The number of nitrogens with zero attached hydrogens (tertiary/aromatic N) is 3. The number of pyridine rings is 1. The molecule has 8 heteroatoms. The highest BCUT2D eigenvalue weighted by molar-refractivity contribution is 5.95. The van der Waals surface area contributed by atoms with Crippen molar-refractivity contribution in [2.75, 3.05) is 25.1 Å². The van der Waals surface area contributed by atoms with Gasteiger partial charge in [-0.1, -0.05) is 30.9 Å². The second-order valence-electron chi connectivity index (χ2n) is 6.57. The molecule has 0 atom stereocenters. The van der Waals surface area contributed by atoms with Crippen LogP contribution in [0.3, 0.4) is 0 Å². The minimum Gasteiger partial charge on any atom is -0.472 e. The van der Waals surface area contributed by atoms with Gasteiger partial charge in [0.2, 0.25) is 11.8 Å². The zero-order chi connectivity index (χ0) is 21.5. The van der Waals surface area contributed by atoms with Crippen LogP contribution in [0.25, 0.3) is 11.1 Å². The lowest BCUT2D eigenvalue weighted by molar-refractivity contribution is -0.122. The van der Waals surface area contributed by atoms with Crippen molar-refractivity contribution in [3.05, 3.63) is 53.9 Å². The number of anilines is 1. The highest BCUT2D eigenvalue weighted by Crippen LogP contribution is 2.37. The van der Waals surface area contributed by atoms with Gasteiger partial charge in [0.1, 0.15) is 35.7 Å². The number of carbonyl (C=O) groups excluding carboxylic acids is 1. The Kier molecular flexibility index (Phi) is 6.74. The third-order valence-electron chi connectivity index (χ3n) is 4.70. The van der Waals surface area contributed by atoms with E-state index in [1.54, 1.807) is 6.07 Å². The van der Waals surface area contributed by atoms with E-state index in [0.717, 1.165) is 0 Å². The fraction of sp³-hybridized carbons (Fsp3) is 0.273. The standard InChI is InChI=1S/C22H19FN4O3/c1-2-9-30-22-17(13-25)19(15-5-3-4-6-18(15)23)16(12-24)20(27-22)26-21(28)14-7-10-29-11-8-14/h2-6,14H,1,7-11H2,(H,26,27,28). The topological polar surface area (TPSA) is 108 Å². The van der Waals surface area contributed by atoms with Gasteiger partial charge in [-0.05, 0) is 18.9 Å². The van der Waals surface area contributed by atoms with Crippen molar-refractivity contribution in [1.82, 2.24) is 4.98 Å². The zero-order valence-electron chi connectivity index (χ0n) is 16.2. The molecule has 152 valence electrons. The number of carbonyl (C=O) groups is 1. The minimum atomic E-state index is -0.618. The molecule has 3 rings (SSSR count). The van der Waals surface area contributed by atoms with Gasteiger partial charge in [-0.3, -0.25) is 4.79 Å². The van der Waals surface area contributed by atoms with E-state index < -0.39 is 5.82 Å². The number of nitriles is 2. The van der Waals surface area contributed by atoms with Crippen LogP contribution >= 0.6 is 0 Å².